The third kappa shape index (κ3) is 1.35. The summed E-state index contributed by atoms with van der Waals surface area (Å²) in [5.74, 6) is 0. The van der Waals surface area contributed by atoms with Crippen LogP contribution in [0.3, 0.4) is 0 Å². The molecule has 1 aliphatic rings. The second-order valence-corrected chi connectivity index (χ2v) is 4.22. The summed E-state index contributed by atoms with van der Waals surface area (Å²) in [6.45, 7) is 4.18. The molecule has 0 saturated heterocycles. The third-order valence-corrected chi connectivity index (χ3v) is 3.25. The van der Waals surface area contributed by atoms with E-state index in [1.54, 1.807) is 0 Å². The van der Waals surface area contributed by atoms with E-state index in [2.05, 4.69) is 26.0 Å². The average molecular weight is 191 g/mol. The number of hydrogen-bond donors (Lipinski definition) is 2. The molecule has 0 spiro atoms. The molecule has 2 nitrogen and oxygen atoms in total. The first-order valence-corrected chi connectivity index (χ1v) is 5.14. The predicted octanol–water partition coefficient (Wildman–Crippen LogP) is 1.61. The molecule has 1 aromatic carbocycles. The van der Waals surface area contributed by atoms with Crippen LogP contribution in [-0.2, 0) is 6.42 Å². The zero-order valence-electron chi connectivity index (χ0n) is 8.75. The normalized spacial score (nSPS) is 26.0. The fourth-order valence-electron chi connectivity index (χ4n) is 2.35. The van der Waals surface area contributed by atoms with Crippen molar-refractivity contribution >= 4 is 0 Å². The van der Waals surface area contributed by atoms with Gasteiger partial charge in [-0.15, -0.1) is 0 Å². The summed E-state index contributed by atoms with van der Waals surface area (Å²) in [5.41, 5.74) is 11.0. The third-order valence-electron chi connectivity index (χ3n) is 3.25. The average Bonchev–Trinajstić information content (AvgIpc) is 2.16. The van der Waals surface area contributed by atoms with Crippen molar-refractivity contribution in [3.05, 3.63) is 34.4 Å². The molecule has 0 bridgehead atoms. The first-order chi connectivity index (χ1) is 6.61. The highest BCUT2D eigenvalue weighted by molar-refractivity contribution is 5.44. The van der Waals surface area contributed by atoms with E-state index >= 15 is 0 Å². The summed E-state index contributed by atoms with van der Waals surface area (Å²) in [5, 5.41) is 9.71. The fourth-order valence-corrected chi connectivity index (χ4v) is 2.35. The lowest BCUT2D eigenvalue weighted by molar-refractivity contribution is 0.127. The lowest BCUT2D eigenvalue weighted by atomic mass is 9.81. The van der Waals surface area contributed by atoms with E-state index in [1.807, 2.05) is 0 Å². The Morgan fingerprint density at radius 2 is 1.93 bits per heavy atom. The van der Waals surface area contributed by atoms with Gasteiger partial charge in [-0.25, -0.2) is 0 Å². The van der Waals surface area contributed by atoms with Gasteiger partial charge in [0.15, 0.2) is 0 Å². The number of nitrogens with two attached hydrogens (primary N) is 1. The number of benzene rings is 1. The van der Waals surface area contributed by atoms with Crippen molar-refractivity contribution in [1.82, 2.24) is 0 Å². The van der Waals surface area contributed by atoms with Crippen LogP contribution in [-0.4, -0.2) is 11.2 Å². The van der Waals surface area contributed by atoms with Crippen molar-refractivity contribution in [3.63, 3.8) is 0 Å². The van der Waals surface area contributed by atoms with Gasteiger partial charge in [0.1, 0.15) is 0 Å². The summed E-state index contributed by atoms with van der Waals surface area (Å²) in [7, 11) is 0. The zero-order chi connectivity index (χ0) is 10.3. The summed E-state index contributed by atoms with van der Waals surface area (Å²) >= 11 is 0. The SMILES string of the molecule is Cc1ccc(C)c2c1CCC(O)C2N. The summed E-state index contributed by atoms with van der Waals surface area (Å²) < 4.78 is 0. The molecule has 2 atom stereocenters. The topological polar surface area (TPSA) is 46.2 Å². The number of rotatable bonds is 0. The number of hydrogen-bond acceptors (Lipinski definition) is 2. The Balaban J connectivity index is 2.58. The van der Waals surface area contributed by atoms with Crippen LogP contribution >= 0.6 is 0 Å². The van der Waals surface area contributed by atoms with E-state index in [1.165, 1.54) is 22.3 Å². The van der Waals surface area contributed by atoms with Crippen LogP contribution in [0.5, 0.6) is 0 Å². The first kappa shape index (κ1) is 9.69. The van der Waals surface area contributed by atoms with Gasteiger partial charge in [0, 0.05) is 0 Å². The van der Waals surface area contributed by atoms with Crippen LogP contribution in [0, 0.1) is 13.8 Å². The van der Waals surface area contributed by atoms with Crippen molar-refractivity contribution in [2.75, 3.05) is 0 Å². The molecule has 76 valence electrons. The van der Waals surface area contributed by atoms with Gasteiger partial charge in [0.2, 0.25) is 0 Å². The van der Waals surface area contributed by atoms with Gasteiger partial charge in [-0.2, -0.15) is 0 Å². The van der Waals surface area contributed by atoms with Gasteiger partial charge in [0.25, 0.3) is 0 Å². The lowest BCUT2D eigenvalue weighted by Crippen LogP contribution is -2.32. The van der Waals surface area contributed by atoms with Crippen LogP contribution in [0.1, 0.15) is 34.7 Å². The monoisotopic (exact) mass is 191 g/mol. The Morgan fingerprint density at radius 1 is 1.29 bits per heavy atom. The molecule has 1 aliphatic carbocycles. The van der Waals surface area contributed by atoms with Gasteiger partial charge in [-0.1, -0.05) is 12.1 Å². The predicted molar refractivity (Wildman–Crippen MR) is 57.2 cm³/mol. The van der Waals surface area contributed by atoms with E-state index in [9.17, 15) is 5.11 Å². The van der Waals surface area contributed by atoms with Gasteiger partial charge >= 0.3 is 0 Å². The Hall–Kier alpha value is -0.860. The quantitative estimate of drug-likeness (QED) is 0.654. The molecular weight excluding hydrogens is 174 g/mol. The summed E-state index contributed by atoms with van der Waals surface area (Å²) in [6, 6.07) is 4.03. The molecule has 0 radical (unpaired) electrons. The maximum absolute atomic E-state index is 9.71. The van der Waals surface area contributed by atoms with Crippen LogP contribution in [0.15, 0.2) is 12.1 Å². The van der Waals surface area contributed by atoms with Gasteiger partial charge in [-0.3, -0.25) is 0 Å². The molecule has 2 unspecified atom stereocenters. The minimum absolute atomic E-state index is 0.196. The fraction of sp³-hybridized carbons (Fsp3) is 0.500. The van der Waals surface area contributed by atoms with Crippen LogP contribution < -0.4 is 5.73 Å². The van der Waals surface area contributed by atoms with Crippen molar-refractivity contribution in [1.29, 1.82) is 0 Å². The zero-order valence-corrected chi connectivity index (χ0v) is 8.75. The van der Waals surface area contributed by atoms with E-state index in [4.69, 9.17) is 5.73 Å². The van der Waals surface area contributed by atoms with E-state index in [0.29, 0.717) is 0 Å². The Labute approximate surface area is 84.7 Å². The molecule has 3 N–H and O–H groups in total. The van der Waals surface area contributed by atoms with Crippen molar-refractivity contribution in [3.8, 4) is 0 Å². The van der Waals surface area contributed by atoms with Crippen molar-refractivity contribution < 1.29 is 5.11 Å². The summed E-state index contributed by atoms with van der Waals surface area (Å²) in [6.07, 6.45) is 1.37. The number of aryl methyl sites for hydroxylation is 2. The maximum atomic E-state index is 9.71. The standard InChI is InChI=1S/C12H17NO/c1-7-3-4-8(2)11-9(7)5-6-10(14)12(11)13/h3-4,10,12,14H,5-6,13H2,1-2H3. The highest BCUT2D eigenvalue weighted by Gasteiger charge is 2.26. The van der Waals surface area contributed by atoms with Crippen LogP contribution in [0.4, 0.5) is 0 Å². The maximum Gasteiger partial charge on any atom is 0.0736 e. The molecule has 0 aromatic heterocycles. The molecule has 14 heavy (non-hydrogen) atoms. The minimum Gasteiger partial charge on any atom is -0.391 e. The second-order valence-electron chi connectivity index (χ2n) is 4.22. The van der Waals surface area contributed by atoms with Gasteiger partial charge in [0.05, 0.1) is 12.1 Å². The lowest BCUT2D eigenvalue weighted by Gasteiger charge is -2.30. The molecule has 2 rings (SSSR count). The highest BCUT2D eigenvalue weighted by atomic mass is 16.3. The number of fused-ring (bicyclic) bond motifs is 1. The van der Waals surface area contributed by atoms with Gasteiger partial charge in [-0.05, 0) is 48.9 Å². The van der Waals surface area contributed by atoms with Crippen LogP contribution in [0.25, 0.3) is 0 Å². The van der Waals surface area contributed by atoms with Crippen molar-refractivity contribution in [2.45, 2.75) is 38.8 Å². The van der Waals surface area contributed by atoms with E-state index < -0.39 is 0 Å². The second kappa shape index (κ2) is 3.37. The van der Waals surface area contributed by atoms with Crippen LogP contribution in [0.2, 0.25) is 0 Å². The molecule has 0 amide bonds. The number of aliphatic hydroxyl groups is 1. The Kier molecular flexibility index (Phi) is 2.33. The molecule has 2 heteroatoms. The number of aliphatic hydroxyl groups excluding tert-OH is 1. The Morgan fingerprint density at radius 3 is 2.64 bits per heavy atom. The highest BCUT2D eigenvalue weighted by Crippen LogP contribution is 2.32. The molecule has 0 fully saturated rings. The Bertz CT molecular complexity index is 360. The first-order valence-electron chi connectivity index (χ1n) is 5.14. The molecule has 0 heterocycles. The largest absolute Gasteiger partial charge is 0.391 e. The molecule has 0 saturated carbocycles. The molecule has 1 aromatic rings. The smallest absolute Gasteiger partial charge is 0.0736 e. The van der Waals surface area contributed by atoms with E-state index in [-0.39, 0.29) is 12.1 Å². The minimum atomic E-state index is -0.372. The van der Waals surface area contributed by atoms with E-state index in [0.717, 1.165) is 12.8 Å². The van der Waals surface area contributed by atoms with Crippen molar-refractivity contribution in [2.24, 2.45) is 5.73 Å². The van der Waals surface area contributed by atoms with Gasteiger partial charge < -0.3 is 10.8 Å². The molecular formula is C12H17NO. The molecule has 0 aliphatic heterocycles. The summed E-state index contributed by atoms with van der Waals surface area (Å²) in [4.78, 5) is 0.